The highest BCUT2D eigenvalue weighted by Crippen LogP contribution is 2.22. The van der Waals surface area contributed by atoms with Crippen LogP contribution in [0.5, 0.6) is 0 Å². The molecule has 2 rings (SSSR count). The Bertz CT molecular complexity index is 847. The Labute approximate surface area is 157 Å². The molecule has 138 valence electrons. The number of hydrogen-bond donors (Lipinski definition) is 2. The van der Waals surface area contributed by atoms with E-state index < -0.39 is 41.5 Å². The Hall–Kier alpha value is -2.25. The highest BCUT2D eigenvalue weighted by atomic mass is 35.5. The SMILES string of the molecule is O=C(CCc1ccc(Cl)cc1Cl)NCC(=O)Nc1ccc(F)c(F)c1F. The maximum atomic E-state index is 13.5. The van der Waals surface area contributed by atoms with E-state index in [9.17, 15) is 22.8 Å². The van der Waals surface area contributed by atoms with Gasteiger partial charge in [0, 0.05) is 16.5 Å². The maximum Gasteiger partial charge on any atom is 0.243 e. The zero-order valence-electron chi connectivity index (χ0n) is 13.2. The van der Waals surface area contributed by atoms with Crippen molar-refractivity contribution in [2.24, 2.45) is 0 Å². The van der Waals surface area contributed by atoms with Gasteiger partial charge in [0.25, 0.3) is 0 Å². The lowest BCUT2D eigenvalue weighted by Gasteiger charge is -2.09. The molecule has 0 saturated carbocycles. The Morgan fingerprint density at radius 3 is 2.38 bits per heavy atom. The number of nitrogens with one attached hydrogen (secondary N) is 2. The van der Waals surface area contributed by atoms with Crippen LogP contribution in [0.4, 0.5) is 18.9 Å². The molecule has 0 aliphatic heterocycles. The summed E-state index contributed by atoms with van der Waals surface area (Å²) in [4.78, 5) is 23.5. The van der Waals surface area contributed by atoms with Gasteiger partial charge in [0.05, 0.1) is 12.2 Å². The van der Waals surface area contributed by atoms with Crippen molar-refractivity contribution >= 4 is 40.7 Å². The molecule has 2 aromatic rings. The van der Waals surface area contributed by atoms with Crippen molar-refractivity contribution in [1.29, 1.82) is 0 Å². The average molecular weight is 405 g/mol. The van der Waals surface area contributed by atoms with Gasteiger partial charge in [-0.05, 0) is 36.2 Å². The van der Waals surface area contributed by atoms with E-state index in [0.29, 0.717) is 22.5 Å². The fourth-order valence-electron chi connectivity index (χ4n) is 2.06. The van der Waals surface area contributed by atoms with Crippen LogP contribution in [-0.4, -0.2) is 18.4 Å². The highest BCUT2D eigenvalue weighted by molar-refractivity contribution is 6.35. The third-order valence-electron chi connectivity index (χ3n) is 3.39. The maximum absolute atomic E-state index is 13.5. The molecule has 0 atom stereocenters. The van der Waals surface area contributed by atoms with E-state index in [2.05, 4.69) is 10.6 Å². The lowest BCUT2D eigenvalue weighted by atomic mass is 10.1. The van der Waals surface area contributed by atoms with E-state index in [0.717, 1.165) is 11.6 Å². The van der Waals surface area contributed by atoms with Crippen LogP contribution in [0, 0.1) is 17.5 Å². The summed E-state index contributed by atoms with van der Waals surface area (Å²) in [7, 11) is 0. The van der Waals surface area contributed by atoms with E-state index in [-0.39, 0.29) is 6.42 Å². The summed E-state index contributed by atoms with van der Waals surface area (Å²) in [5.41, 5.74) is 0.204. The molecule has 2 aromatic carbocycles. The first-order valence-corrected chi connectivity index (χ1v) is 8.17. The van der Waals surface area contributed by atoms with Crippen LogP contribution in [0.25, 0.3) is 0 Å². The molecule has 0 bridgehead atoms. The Balaban J connectivity index is 1.82. The van der Waals surface area contributed by atoms with E-state index >= 15 is 0 Å². The van der Waals surface area contributed by atoms with Gasteiger partial charge in [-0.25, -0.2) is 13.2 Å². The largest absolute Gasteiger partial charge is 0.347 e. The van der Waals surface area contributed by atoms with E-state index in [1.54, 1.807) is 18.2 Å². The Kier molecular flexibility index (Phi) is 6.88. The number of rotatable bonds is 6. The topological polar surface area (TPSA) is 58.2 Å². The summed E-state index contributed by atoms with van der Waals surface area (Å²) in [6.45, 7) is -0.453. The molecule has 4 nitrogen and oxygen atoms in total. The summed E-state index contributed by atoms with van der Waals surface area (Å²) < 4.78 is 39.4. The van der Waals surface area contributed by atoms with Gasteiger partial charge < -0.3 is 10.6 Å². The lowest BCUT2D eigenvalue weighted by Crippen LogP contribution is -2.33. The average Bonchev–Trinajstić information content (AvgIpc) is 2.59. The molecule has 0 spiro atoms. The fourth-order valence-corrected chi connectivity index (χ4v) is 2.56. The third kappa shape index (κ3) is 5.37. The van der Waals surface area contributed by atoms with Crippen LogP contribution in [0.1, 0.15) is 12.0 Å². The Morgan fingerprint density at radius 1 is 0.962 bits per heavy atom. The second kappa shape index (κ2) is 8.91. The van der Waals surface area contributed by atoms with Gasteiger partial charge in [0.15, 0.2) is 17.5 Å². The van der Waals surface area contributed by atoms with Gasteiger partial charge in [-0.15, -0.1) is 0 Å². The number of carbonyl (C=O) groups is 2. The molecule has 0 radical (unpaired) electrons. The minimum Gasteiger partial charge on any atom is -0.347 e. The normalized spacial score (nSPS) is 10.5. The van der Waals surface area contributed by atoms with Gasteiger partial charge in [-0.1, -0.05) is 29.3 Å². The van der Waals surface area contributed by atoms with Crippen LogP contribution in [0.2, 0.25) is 10.0 Å². The second-order valence-corrected chi connectivity index (χ2v) is 6.13. The first kappa shape index (κ1) is 20.1. The van der Waals surface area contributed by atoms with Gasteiger partial charge in [0.1, 0.15) is 0 Å². The van der Waals surface area contributed by atoms with Crippen molar-refractivity contribution in [2.75, 3.05) is 11.9 Å². The van der Waals surface area contributed by atoms with Crippen LogP contribution in [0.15, 0.2) is 30.3 Å². The summed E-state index contributed by atoms with van der Waals surface area (Å²) in [6.07, 6.45) is 0.398. The monoisotopic (exact) mass is 404 g/mol. The lowest BCUT2D eigenvalue weighted by molar-refractivity contribution is -0.124. The molecule has 0 unspecified atom stereocenters. The number of amides is 2. The van der Waals surface area contributed by atoms with Crippen molar-refractivity contribution < 1.29 is 22.8 Å². The van der Waals surface area contributed by atoms with E-state index in [1.165, 1.54) is 0 Å². The summed E-state index contributed by atoms with van der Waals surface area (Å²) >= 11 is 11.8. The van der Waals surface area contributed by atoms with Gasteiger partial charge in [-0.3, -0.25) is 9.59 Å². The molecule has 0 aliphatic carbocycles. The van der Waals surface area contributed by atoms with E-state index in [4.69, 9.17) is 23.2 Å². The molecule has 2 N–H and O–H groups in total. The van der Waals surface area contributed by atoms with E-state index in [1.807, 2.05) is 0 Å². The Morgan fingerprint density at radius 2 is 1.69 bits per heavy atom. The number of halogens is 5. The molecule has 2 amide bonds. The number of benzene rings is 2. The quantitative estimate of drug-likeness (QED) is 0.712. The second-order valence-electron chi connectivity index (χ2n) is 5.28. The smallest absolute Gasteiger partial charge is 0.243 e. The van der Waals surface area contributed by atoms with Crippen molar-refractivity contribution in [3.05, 3.63) is 63.4 Å². The molecule has 0 aromatic heterocycles. The molecule has 0 aliphatic rings. The van der Waals surface area contributed by atoms with Crippen LogP contribution in [0.3, 0.4) is 0 Å². The molecular formula is C17H13Cl2F3N2O2. The predicted molar refractivity (Wildman–Crippen MR) is 92.7 cm³/mol. The van der Waals surface area contributed by atoms with Crippen molar-refractivity contribution in [1.82, 2.24) is 5.32 Å². The summed E-state index contributed by atoms with van der Waals surface area (Å²) in [5.74, 6) is -5.78. The van der Waals surface area contributed by atoms with Gasteiger partial charge in [0.2, 0.25) is 11.8 Å². The highest BCUT2D eigenvalue weighted by Gasteiger charge is 2.15. The standard InChI is InChI=1S/C17H13Cl2F3N2O2/c18-10-3-1-9(11(19)7-10)2-6-14(25)23-8-15(26)24-13-5-4-12(20)16(21)17(13)22/h1,3-5,7H,2,6,8H2,(H,23,25)(H,24,26). The van der Waals surface area contributed by atoms with Gasteiger partial charge >= 0.3 is 0 Å². The zero-order chi connectivity index (χ0) is 19.3. The van der Waals surface area contributed by atoms with Crippen LogP contribution in [-0.2, 0) is 16.0 Å². The number of anilines is 1. The molecule has 26 heavy (non-hydrogen) atoms. The molecule has 9 heteroatoms. The molecule has 0 heterocycles. The van der Waals surface area contributed by atoms with Crippen molar-refractivity contribution in [2.45, 2.75) is 12.8 Å². The van der Waals surface area contributed by atoms with Gasteiger partial charge in [-0.2, -0.15) is 0 Å². The van der Waals surface area contributed by atoms with Crippen LogP contribution < -0.4 is 10.6 Å². The molecular weight excluding hydrogens is 392 g/mol. The van der Waals surface area contributed by atoms with Crippen molar-refractivity contribution in [3.8, 4) is 0 Å². The number of hydrogen-bond acceptors (Lipinski definition) is 2. The minimum atomic E-state index is -1.69. The predicted octanol–water partition coefficient (Wildman–Crippen LogP) is 4.10. The zero-order valence-corrected chi connectivity index (χ0v) is 14.7. The summed E-state index contributed by atoms with van der Waals surface area (Å²) in [5, 5.41) is 5.29. The molecule has 0 saturated heterocycles. The van der Waals surface area contributed by atoms with Crippen LogP contribution >= 0.6 is 23.2 Å². The first-order chi connectivity index (χ1) is 12.3. The minimum absolute atomic E-state index is 0.0637. The van der Waals surface area contributed by atoms with Crippen molar-refractivity contribution in [3.63, 3.8) is 0 Å². The third-order valence-corrected chi connectivity index (χ3v) is 3.98. The first-order valence-electron chi connectivity index (χ1n) is 7.42. The number of carbonyl (C=O) groups excluding carboxylic acids is 2. The summed E-state index contributed by atoms with van der Waals surface area (Å²) in [6, 6.07) is 6.46. The fraction of sp³-hybridized carbons (Fsp3) is 0.176. The number of aryl methyl sites for hydroxylation is 1. The molecule has 0 fully saturated rings.